The highest BCUT2D eigenvalue weighted by Crippen LogP contribution is 2.22. The van der Waals surface area contributed by atoms with Crippen molar-refractivity contribution in [2.45, 2.75) is 6.92 Å². The SMILES string of the molecule is CC(=O)c1cccc(NC(=O)c2coc3ccccc23)c1. The molecule has 2 aromatic carbocycles. The zero-order valence-electron chi connectivity index (χ0n) is 11.4. The normalized spacial score (nSPS) is 10.5. The van der Waals surface area contributed by atoms with Gasteiger partial charge < -0.3 is 9.73 Å². The van der Waals surface area contributed by atoms with E-state index in [0.717, 1.165) is 5.39 Å². The highest BCUT2D eigenvalue weighted by molar-refractivity contribution is 6.12. The number of carbonyl (C=O) groups excluding carboxylic acids is 2. The van der Waals surface area contributed by atoms with Crippen LogP contribution < -0.4 is 5.32 Å². The first kappa shape index (κ1) is 13.1. The van der Waals surface area contributed by atoms with Crippen LogP contribution in [0.25, 0.3) is 11.0 Å². The molecule has 3 aromatic rings. The van der Waals surface area contributed by atoms with E-state index in [2.05, 4.69) is 5.32 Å². The average molecular weight is 279 g/mol. The Balaban J connectivity index is 1.90. The molecule has 0 aliphatic rings. The van der Waals surface area contributed by atoms with Crippen LogP contribution in [0.4, 0.5) is 5.69 Å². The molecule has 0 bridgehead atoms. The van der Waals surface area contributed by atoms with E-state index >= 15 is 0 Å². The number of Topliss-reactive ketones (excluding diaryl/α,β-unsaturated/α-hetero) is 1. The van der Waals surface area contributed by atoms with Gasteiger partial charge >= 0.3 is 0 Å². The first-order valence-electron chi connectivity index (χ1n) is 6.54. The van der Waals surface area contributed by atoms with Crippen molar-refractivity contribution < 1.29 is 14.0 Å². The number of amides is 1. The van der Waals surface area contributed by atoms with Crippen LogP contribution in [-0.2, 0) is 0 Å². The molecule has 1 amide bonds. The van der Waals surface area contributed by atoms with Crippen LogP contribution in [0.15, 0.2) is 59.2 Å². The molecule has 0 saturated carbocycles. The third-order valence-electron chi connectivity index (χ3n) is 3.25. The summed E-state index contributed by atoms with van der Waals surface area (Å²) in [5.41, 5.74) is 2.28. The summed E-state index contributed by atoms with van der Waals surface area (Å²) < 4.78 is 5.35. The minimum absolute atomic E-state index is 0.0418. The number of nitrogens with one attached hydrogen (secondary N) is 1. The average Bonchev–Trinajstić information content (AvgIpc) is 2.91. The molecule has 4 heteroatoms. The van der Waals surface area contributed by atoms with Gasteiger partial charge in [0.2, 0.25) is 0 Å². The van der Waals surface area contributed by atoms with Crippen molar-refractivity contribution in [2.24, 2.45) is 0 Å². The molecule has 21 heavy (non-hydrogen) atoms. The quantitative estimate of drug-likeness (QED) is 0.740. The summed E-state index contributed by atoms with van der Waals surface area (Å²) in [4.78, 5) is 23.7. The molecular weight excluding hydrogens is 266 g/mol. The van der Waals surface area contributed by atoms with Crippen molar-refractivity contribution in [1.29, 1.82) is 0 Å². The minimum atomic E-state index is -0.263. The first-order chi connectivity index (χ1) is 10.1. The van der Waals surface area contributed by atoms with Gasteiger partial charge in [-0.1, -0.05) is 30.3 Å². The number of hydrogen-bond acceptors (Lipinski definition) is 3. The lowest BCUT2D eigenvalue weighted by molar-refractivity contribution is 0.101. The number of furan rings is 1. The Morgan fingerprint density at radius 3 is 2.67 bits per heavy atom. The fourth-order valence-corrected chi connectivity index (χ4v) is 2.17. The number of benzene rings is 2. The number of para-hydroxylation sites is 1. The van der Waals surface area contributed by atoms with Gasteiger partial charge in [-0.25, -0.2) is 0 Å². The summed E-state index contributed by atoms with van der Waals surface area (Å²) in [6.45, 7) is 1.49. The van der Waals surface area contributed by atoms with E-state index in [-0.39, 0.29) is 11.7 Å². The lowest BCUT2D eigenvalue weighted by atomic mass is 10.1. The van der Waals surface area contributed by atoms with Crippen molar-refractivity contribution in [2.75, 3.05) is 5.32 Å². The predicted octanol–water partition coefficient (Wildman–Crippen LogP) is 3.89. The molecule has 3 rings (SSSR count). The number of rotatable bonds is 3. The van der Waals surface area contributed by atoms with Gasteiger partial charge in [0, 0.05) is 16.6 Å². The first-order valence-corrected chi connectivity index (χ1v) is 6.54. The van der Waals surface area contributed by atoms with E-state index < -0.39 is 0 Å². The third kappa shape index (κ3) is 2.56. The molecule has 0 saturated heterocycles. The van der Waals surface area contributed by atoms with E-state index in [9.17, 15) is 9.59 Å². The fourth-order valence-electron chi connectivity index (χ4n) is 2.17. The fraction of sp³-hybridized carbons (Fsp3) is 0.0588. The smallest absolute Gasteiger partial charge is 0.259 e. The van der Waals surface area contributed by atoms with Crippen LogP contribution >= 0.6 is 0 Å². The molecule has 0 fully saturated rings. The molecule has 1 N–H and O–H groups in total. The monoisotopic (exact) mass is 279 g/mol. The van der Waals surface area contributed by atoms with Gasteiger partial charge in [-0.3, -0.25) is 9.59 Å². The Kier molecular flexibility index (Phi) is 3.28. The van der Waals surface area contributed by atoms with E-state index in [1.54, 1.807) is 24.3 Å². The van der Waals surface area contributed by atoms with Crippen molar-refractivity contribution in [3.63, 3.8) is 0 Å². The van der Waals surface area contributed by atoms with Crippen molar-refractivity contribution in [1.82, 2.24) is 0 Å². The molecule has 0 spiro atoms. The predicted molar refractivity (Wildman–Crippen MR) is 80.6 cm³/mol. The van der Waals surface area contributed by atoms with Gasteiger partial charge in [0.25, 0.3) is 5.91 Å². The van der Waals surface area contributed by atoms with E-state index in [4.69, 9.17) is 4.42 Å². The van der Waals surface area contributed by atoms with Gasteiger partial charge in [-0.05, 0) is 25.1 Å². The minimum Gasteiger partial charge on any atom is -0.463 e. The number of carbonyl (C=O) groups is 2. The topological polar surface area (TPSA) is 59.3 Å². The van der Waals surface area contributed by atoms with Crippen LogP contribution in [0.5, 0.6) is 0 Å². The number of hydrogen-bond donors (Lipinski definition) is 1. The van der Waals surface area contributed by atoms with Crippen LogP contribution in [-0.4, -0.2) is 11.7 Å². The van der Waals surface area contributed by atoms with Gasteiger partial charge in [0.05, 0.1) is 5.56 Å². The van der Waals surface area contributed by atoms with E-state index in [1.165, 1.54) is 13.2 Å². The van der Waals surface area contributed by atoms with Gasteiger partial charge in [0.1, 0.15) is 11.8 Å². The number of anilines is 1. The zero-order chi connectivity index (χ0) is 14.8. The Bertz CT molecular complexity index is 833. The number of fused-ring (bicyclic) bond motifs is 1. The molecule has 104 valence electrons. The summed E-state index contributed by atoms with van der Waals surface area (Å²) in [6.07, 6.45) is 1.44. The van der Waals surface area contributed by atoms with Crippen LogP contribution in [0.1, 0.15) is 27.6 Å². The second kappa shape index (κ2) is 5.25. The molecule has 1 aromatic heterocycles. The molecule has 0 unspecified atom stereocenters. The highest BCUT2D eigenvalue weighted by Gasteiger charge is 2.13. The molecular formula is C17H13NO3. The van der Waals surface area contributed by atoms with Crippen LogP contribution in [0.2, 0.25) is 0 Å². The molecule has 4 nitrogen and oxygen atoms in total. The highest BCUT2D eigenvalue weighted by atomic mass is 16.3. The third-order valence-corrected chi connectivity index (χ3v) is 3.25. The van der Waals surface area contributed by atoms with Crippen molar-refractivity contribution in [3.8, 4) is 0 Å². The zero-order valence-corrected chi connectivity index (χ0v) is 11.4. The van der Waals surface area contributed by atoms with Crippen molar-refractivity contribution in [3.05, 3.63) is 65.9 Å². The van der Waals surface area contributed by atoms with Crippen molar-refractivity contribution >= 4 is 28.3 Å². The maximum Gasteiger partial charge on any atom is 0.259 e. The standard InChI is InChI=1S/C17H13NO3/c1-11(19)12-5-4-6-13(9-12)18-17(20)15-10-21-16-8-3-2-7-14(15)16/h2-10H,1H3,(H,18,20). The summed E-state index contributed by atoms with van der Waals surface area (Å²) in [5, 5.41) is 3.54. The van der Waals surface area contributed by atoms with E-state index in [1.807, 2.05) is 24.3 Å². The Hall–Kier alpha value is -2.88. The molecule has 0 aliphatic heterocycles. The van der Waals surface area contributed by atoms with E-state index in [0.29, 0.717) is 22.4 Å². The second-order valence-corrected chi connectivity index (χ2v) is 4.74. The Labute approximate surface area is 121 Å². The molecule has 1 heterocycles. The molecule has 0 atom stereocenters. The lowest BCUT2D eigenvalue weighted by Gasteiger charge is -2.05. The summed E-state index contributed by atoms with van der Waals surface area (Å²) >= 11 is 0. The summed E-state index contributed by atoms with van der Waals surface area (Å²) in [6, 6.07) is 14.2. The van der Waals surface area contributed by atoms with Crippen LogP contribution in [0, 0.1) is 0 Å². The van der Waals surface area contributed by atoms with Gasteiger partial charge in [-0.15, -0.1) is 0 Å². The second-order valence-electron chi connectivity index (χ2n) is 4.74. The van der Waals surface area contributed by atoms with Gasteiger partial charge in [-0.2, -0.15) is 0 Å². The Morgan fingerprint density at radius 1 is 1.05 bits per heavy atom. The largest absolute Gasteiger partial charge is 0.463 e. The molecule has 0 aliphatic carbocycles. The summed E-state index contributed by atoms with van der Waals surface area (Å²) in [5.74, 6) is -0.305. The summed E-state index contributed by atoms with van der Waals surface area (Å²) in [7, 11) is 0. The maximum atomic E-state index is 12.3. The number of ketones is 1. The lowest BCUT2D eigenvalue weighted by Crippen LogP contribution is -2.11. The molecule has 0 radical (unpaired) electrons. The van der Waals surface area contributed by atoms with Crippen LogP contribution in [0.3, 0.4) is 0 Å². The van der Waals surface area contributed by atoms with Gasteiger partial charge in [0.15, 0.2) is 5.78 Å². The maximum absolute atomic E-state index is 12.3. The Morgan fingerprint density at radius 2 is 1.86 bits per heavy atom.